The normalized spacial score (nSPS) is 13.6. The van der Waals surface area contributed by atoms with Gasteiger partial charge in [-0.05, 0) is 89.9 Å². The van der Waals surface area contributed by atoms with Gasteiger partial charge in [-0.1, -0.05) is 341 Å². The zero-order valence-electron chi connectivity index (χ0n) is 50.9. The first-order valence-corrected chi connectivity index (χ1v) is 33.2. The zero-order chi connectivity index (χ0) is 55.5. The van der Waals surface area contributed by atoms with E-state index in [4.69, 9.17) is 0 Å². The number of aliphatic hydroxyl groups is 2. The van der Waals surface area contributed by atoms with Crippen molar-refractivity contribution in [2.75, 3.05) is 6.61 Å². The molecule has 0 fully saturated rings. The van der Waals surface area contributed by atoms with E-state index < -0.39 is 12.1 Å². The Kier molecular flexibility index (Phi) is 64.3. The van der Waals surface area contributed by atoms with Gasteiger partial charge in [-0.25, -0.2) is 0 Å². The minimum absolute atomic E-state index is 0.0368. The fourth-order valence-electron chi connectivity index (χ4n) is 9.75. The third kappa shape index (κ3) is 63.5. The average Bonchev–Trinajstić information content (AvgIpc) is 3.43. The summed E-state index contributed by atoms with van der Waals surface area (Å²) >= 11 is 0. The maximum atomic E-state index is 12.5. The summed E-state index contributed by atoms with van der Waals surface area (Å²) in [5, 5.41) is 23.4. The summed E-state index contributed by atoms with van der Waals surface area (Å²) in [5.41, 5.74) is 0. The van der Waals surface area contributed by atoms with Gasteiger partial charge in [-0.2, -0.15) is 0 Å². The molecular formula is C73H127NO3. The lowest BCUT2D eigenvalue weighted by molar-refractivity contribution is -0.123. The minimum atomic E-state index is -0.670. The van der Waals surface area contributed by atoms with Crippen LogP contribution in [0.2, 0.25) is 0 Å². The maximum Gasteiger partial charge on any atom is 0.220 e. The van der Waals surface area contributed by atoms with E-state index in [1.807, 2.05) is 0 Å². The number of hydrogen-bond donors (Lipinski definition) is 3. The van der Waals surface area contributed by atoms with Crippen LogP contribution in [0, 0.1) is 0 Å². The third-order valence-corrected chi connectivity index (χ3v) is 14.7. The molecule has 2 atom stereocenters. The monoisotopic (exact) mass is 1070 g/mol. The van der Waals surface area contributed by atoms with Gasteiger partial charge in [-0.3, -0.25) is 4.79 Å². The van der Waals surface area contributed by atoms with Crippen molar-refractivity contribution in [3.8, 4) is 0 Å². The molecule has 0 rings (SSSR count). The minimum Gasteiger partial charge on any atom is -0.394 e. The second-order valence-electron chi connectivity index (χ2n) is 22.2. The SMILES string of the molecule is CC/C=C\C/C=C\C/C=C\C/C=C\C/C=C\C/C=C\C/C=C\C/C=C\C/C=C\C/C=C\CCCCCCCCCCCCC(=O)NC(CO)C(O)CCCCCCCCCCCCCCCCCCCCCCCCCC. The van der Waals surface area contributed by atoms with Crippen molar-refractivity contribution < 1.29 is 15.0 Å². The predicted molar refractivity (Wildman–Crippen MR) is 345 cm³/mol. The van der Waals surface area contributed by atoms with E-state index in [9.17, 15) is 15.0 Å². The molecule has 0 saturated heterocycles. The van der Waals surface area contributed by atoms with Crippen LogP contribution in [0.1, 0.15) is 316 Å². The Balaban J connectivity index is 3.55. The van der Waals surface area contributed by atoms with Crippen LogP contribution in [0.15, 0.2) is 122 Å². The highest BCUT2D eigenvalue weighted by Gasteiger charge is 2.20. The molecule has 0 aromatic carbocycles. The van der Waals surface area contributed by atoms with Crippen LogP contribution in [-0.4, -0.2) is 34.9 Å². The molecule has 0 aliphatic rings. The largest absolute Gasteiger partial charge is 0.394 e. The lowest BCUT2D eigenvalue weighted by atomic mass is 10.0. The number of nitrogens with one attached hydrogen (secondary N) is 1. The molecule has 1 amide bonds. The van der Waals surface area contributed by atoms with Crippen molar-refractivity contribution in [1.82, 2.24) is 5.32 Å². The molecule has 3 N–H and O–H groups in total. The van der Waals surface area contributed by atoms with Crippen molar-refractivity contribution >= 4 is 5.91 Å². The Hall–Kier alpha value is -3.21. The summed E-state index contributed by atoms with van der Waals surface area (Å²) in [4.78, 5) is 12.5. The van der Waals surface area contributed by atoms with Crippen LogP contribution in [0.5, 0.6) is 0 Å². The molecule has 442 valence electrons. The molecule has 2 unspecified atom stereocenters. The number of unbranched alkanes of at least 4 members (excludes halogenated alkanes) is 33. The van der Waals surface area contributed by atoms with Gasteiger partial charge in [0, 0.05) is 6.42 Å². The molecule has 0 bridgehead atoms. The van der Waals surface area contributed by atoms with E-state index in [-0.39, 0.29) is 12.5 Å². The standard InChI is InChI=1S/C73H127NO3/c1-3-5-7-9-11-13-15-17-19-21-23-25-27-29-30-31-32-33-34-35-36-37-38-39-40-41-42-43-44-45-47-49-51-53-55-57-59-61-63-65-67-69-73(77)74-71(70-75)72(76)68-66-64-62-60-58-56-54-52-50-48-46-28-26-24-22-20-18-16-14-12-10-8-6-4-2/h5,7,11,13,17,19,23,25,29-30,32-33,35-36,38-39,41-42,44-45,71-72,75-76H,3-4,6,8-10,12,14-16,18,20-22,24,26-28,31,34,37,40,43,46-70H2,1-2H3,(H,74,77)/b7-5-,13-11-,19-17-,25-23-,30-29-,33-32-,36-35-,39-38-,42-41-,45-44-. The maximum absolute atomic E-state index is 12.5. The number of amides is 1. The van der Waals surface area contributed by atoms with Crippen molar-refractivity contribution in [1.29, 1.82) is 0 Å². The van der Waals surface area contributed by atoms with E-state index in [0.29, 0.717) is 12.8 Å². The second-order valence-corrected chi connectivity index (χ2v) is 22.2. The summed E-state index contributed by atoms with van der Waals surface area (Å²) in [6.07, 6.45) is 102. The number of carbonyl (C=O) groups is 1. The van der Waals surface area contributed by atoms with Crippen molar-refractivity contribution in [3.63, 3.8) is 0 Å². The van der Waals surface area contributed by atoms with Crippen molar-refractivity contribution in [3.05, 3.63) is 122 Å². The summed E-state index contributed by atoms with van der Waals surface area (Å²) in [7, 11) is 0. The Bertz CT molecular complexity index is 1490. The number of carbonyl (C=O) groups excluding carboxylic acids is 1. The van der Waals surface area contributed by atoms with Gasteiger partial charge in [0.05, 0.1) is 18.8 Å². The Morgan fingerprint density at radius 2 is 0.571 bits per heavy atom. The molecule has 0 aromatic heterocycles. The summed E-state index contributed by atoms with van der Waals surface area (Å²) in [6, 6.07) is -0.548. The van der Waals surface area contributed by atoms with Crippen LogP contribution >= 0.6 is 0 Å². The molecule has 0 aliphatic heterocycles. The van der Waals surface area contributed by atoms with Gasteiger partial charge in [0.15, 0.2) is 0 Å². The first-order chi connectivity index (χ1) is 38.2. The molecule has 4 nitrogen and oxygen atoms in total. The summed E-state index contributed by atoms with van der Waals surface area (Å²) in [5.74, 6) is -0.0368. The van der Waals surface area contributed by atoms with Crippen LogP contribution in [-0.2, 0) is 4.79 Å². The van der Waals surface area contributed by atoms with E-state index in [1.165, 1.54) is 199 Å². The average molecular weight is 1070 g/mol. The smallest absolute Gasteiger partial charge is 0.220 e. The molecule has 77 heavy (non-hydrogen) atoms. The van der Waals surface area contributed by atoms with Crippen molar-refractivity contribution in [2.24, 2.45) is 0 Å². The molecule has 0 aromatic rings. The van der Waals surface area contributed by atoms with Crippen LogP contribution < -0.4 is 5.32 Å². The molecule has 0 saturated carbocycles. The fourth-order valence-corrected chi connectivity index (χ4v) is 9.75. The van der Waals surface area contributed by atoms with E-state index in [2.05, 4.69) is 141 Å². The lowest BCUT2D eigenvalue weighted by Crippen LogP contribution is -2.45. The fraction of sp³-hybridized carbons (Fsp3) is 0.712. The summed E-state index contributed by atoms with van der Waals surface area (Å²) in [6.45, 7) is 4.26. The van der Waals surface area contributed by atoms with Gasteiger partial charge < -0.3 is 15.5 Å². The van der Waals surface area contributed by atoms with Crippen molar-refractivity contribution in [2.45, 2.75) is 328 Å². The van der Waals surface area contributed by atoms with Gasteiger partial charge in [0.1, 0.15) is 0 Å². The first-order valence-electron chi connectivity index (χ1n) is 33.2. The Labute approximate surface area is 479 Å². The zero-order valence-corrected chi connectivity index (χ0v) is 50.9. The molecular weight excluding hydrogens is 939 g/mol. The highest BCUT2D eigenvalue weighted by atomic mass is 16.3. The van der Waals surface area contributed by atoms with Gasteiger partial charge in [0.2, 0.25) is 5.91 Å². The first kappa shape index (κ1) is 73.8. The van der Waals surface area contributed by atoms with E-state index in [1.54, 1.807) is 0 Å². The van der Waals surface area contributed by atoms with Gasteiger partial charge >= 0.3 is 0 Å². The van der Waals surface area contributed by atoms with Crippen LogP contribution in [0.25, 0.3) is 0 Å². The quantitative estimate of drug-likeness (QED) is 0.0420. The molecule has 4 heteroatoms. The number of rotatable bonds is 60. The topological polar surface area (TPSA) is 69.6 Å². The van der Waals surface area contributed by atoms with Gasteiger partial charge in [-0.15, -0.1) is 0 Å². The predicted octanol–water partition coefficient (Wildman–Crippen LogP) is 22.8. The highest BCUT2D eigenvalue weighted by Crippen LogP contribution is 2.18. The third-order valence-electron chi connectivity index (χ3n) is 14.7. The Morgan fingerprint density at radius 3 is 0.857 bits per heavy atom. The lowest BCUT2D eigenvalue weighted by Gasteiger charge is -2.22. The highest BCUT2D eigenvalue weighted by molar-refractivity contribution is 5.76. The van der Waals surface area contributed by atoms with Crippen LogP contribution in [0.3, 0.4) is 0 Å². The van der Waals surface area contributed by atoms with Gasteiger partial charge in [0.25, 0.3) is 0 Å². The molecule has 0 spiro atoms. The Morgan fingerprint density at radius 1 is 0.325 bits per heavy atom. The molecule has 0 radical (unpaired) electrons. The van der Waals surface area contributed by atoms with Crippen LogP contribution in [0.4, 0.5) is 0 Å². The van der Waals surface area contributed by atoms with E-state index in [0.717, 1.165) is 89.9 Å². The molecule has 0 heterocycles. The van der Waals surface area contributed by atoms with E-state index >= 15 is 0 Å². The molecule has 0 aliphatic carbocycles. The second kappa shape index (κ2) is 67.1. The number of allylic oxidation sites excluding steroid dienone is 20. The number of aliphatic hydroxyl groups excluding tert-OH is 2. The summed E-state index contributed by atoms with van der Waals surface area (Å²) < 4.78 is 0. The number of hydrogen-bond acceptors (Lipinski definition) is 3.